The molecule has 3 rings (SSSR count). The van der Waals surface area contributed by atoms with Crippen molar-refractivity contribution >= 4 is 45.4 Å². The highest BCUT2D eigenvalue weighted by Gasteiger charge is 2.16. The van der Waals surface area contributed by atoms with E-state index in [1.807, 2.05) is 6.92 Å². The van der Waals surface area contributed by atoms with Gasteiger partial charge in [-0.15, -0.1) is 5.10 Å². The molecule has 3 aromatic rings. The van der Waals surface area contributed by atoms with Gasteiger partial charge in [0.05, 0.1) is 4.92 Å². The van der Waals surface area contributed by atoms with Gasteiger partial charge in [0, 0.05) is 34.7 Å². The number of nitro groups is 1. The molecule has 2 heterocycles. The number of aryl methyl sites for hydroxylation is 1. The number of aromatic amines is 1. The number of carboxylic acid groups (broad SMARTS) is 1. The number of furan rings is 1. The summed E-state index contributed by atoms with van der Waals surface area (Å²) in [6, 6.07) is 7.59. The summed E-state index contributed by atoms with van der Waals surface area (Å²) in [6.45, 7) is 2.01. The number of non-ortho nitro benzene ring substituents is 1. The number of nitro benzene ring substituents is 1. The zero-order valence-corrected chi connectivity index (χ0v) is 17.5. The first-order chi connectivity index (χ1) is 13.9. The first-order valence-corrected chi connectivity index (χ1v) is 10.1. The summed E-state index contributed by atoms with van der Waals surface area (Å²) in [4.78, 5) is 26.2. The number of aliphatic carboxylic acids is 1. The monoisotopic (exact) mass is 478 g/mol. The number of nitrogens with one attached hydrogen (secondary N) is 1. The van der Waals surface area contributed by atoms with Crippen LogP contribution in [0, 0.1) is 10.1 Å². The van der Waals surface area contributed by atoms with Gasteiger partial charge in [-0.25, -0.2) is 9.78 Å². The number of hydrogen-bond donors (Lipinski definition) is 2. The third-order valence-electron chi connectivity index (χ3n) is 3.74. The maximum absolute atomic E-state index is 11.6. The van der Waals surface area contributed by atoms with Gasteiger partial charge in [0.1, 0.15) is 22.3 Å². The van der Waals surface area contributed by atoms with Crippen molar-refractivity contribution in [2.45, 2.75) is 24.9 Å². The standard InChI is InChI=1S/C18H15BrN4O5S/c1-2-3-16-20-18(22-21-16)29-15(17(24)25)9-11-5-7-14(28-11)12-6-4-10(23(26)27)8-13(12)19/h4-9H,2-3H2,1H3,(H,24,25)(H,20,21,22)/b15-9-. The van der Waals surface area contributed by atoms with Gasteiger partial charge >= 0.3 is 5.97 Å². The fourth-order valence-corrected chi connectivity index (χ4v) is 3.70. The Kier molecular flexibility index (Phi) is 6.49. The van der Waals surface area contributed by atoms with Crippen LogP contribution in [0.15, 0.2) is 49.3 Å². The summed E-state index contributed by atoms with van der Waals surface area (Å²) >= 11 is 4.21. The largest absolute Gasteiger partial charge is 0.477 e. The van der Waals surface area contributed by atoms with Crippen LogP contribution in [0.1, 0.15) is 24.9 Å². The van der Waals surface area contributed by atoms with Gasteiger partial charge in [0.15, 0.2) is 0 Å². The Morgan fingerprint density at radius 1 is 1.41 bits per heavy atom. The van der Waals surface area contributed by atoms with Gasteiger partial charge in [-0.3, -0.25) is 15.2 Å². The fourth-order valence-electron chi connectivity index (χ4n) is 2.43. The van der Waals surface area contributed by atoms with Crippen LogP contribution in [0.4, 0.5) is 5.69 Å². The average Bonchev–Trinajstić information content (AvgIpc) is 3.31. The summed E-state index contributed by atoms with van der Waals surface area (Å²) in [5.41, 5.74) is 0.559. The van der Waals surface area contributed by atoms with E-state index in [-0.39, 0.29) is 10.6 Å². The van der Waals surface area contributed by atoms with Gasteiger partial charge in [0.25, 0.3) is 5.69 Å². The molecule has 29 heavy (non-hydrogen) atoms. The Morgan fingerprint density at radius 2 is 2.21 bits per heavy atom. The van der Waals surface area contributed by atoms with Gasteiger partial charge < -0.3 is 9.52 Å². The minimum atomic E-state index is -1.13. The number of rotatable bonds is 8. The number of aromatic nitrogens is 3. The maximum atomic E-state index is 11.6. The summed E-state index contributed by atoms with van der Waals surface area (Å²) in [5.74, 6) is 0.324. The van der Waals surface area contributed by atoms with Crippen LogP contribution >= 0.6 is 27.7 Å². The number of thioether (sulfide) groups is 1. The van der Waals surface area contributed by atoms with Crippen LogP contribution in [-0.2, 0) is 11.2 Å². The van der Waals surface area contributed by atoms with Crippen molar-refractivity contribution in [3.8, 4) is 11.3 Å². The van der Waals surface area contributed by atoms with Crippen LogP contribution < -0.4 is 0 Å². The van der Waals surface area contributed by atoms with E-state index in [2.05, 4.69) is 31.1 Å². The van der Waals surface area contributed by atoms with Crippen molar-refractivity contribution in [3.05, 3.63) is 61.4 Å². The Labute approximate surface area is 177 Å². The van der Waals surface area contributed by atoms with Crippen molar-refractivity contribution in [2.24, 2.45) is 0 Å². The fraction of sp³-hybridized carbons (Fsp3) is 0.167. The lowest BCUT2D eigenvalue weighted by Crippen LogP contribution is -1.97. The number of hydrogen-bond acceptors (Lipinski definition) is 7. The molecule has 0 aliphatic rings. The lowest BCUT2D eigenvalue weighted by atomic mass is 10.1. The van der Waals surface area contributed by atoms with Crippen molar-refractivity contribution in [1.29, 1.82) is 0 Å². The molecule has 2 aromatic heterocycles. The lowest BCUT2D eigenvalue weighted by Gasteiger charge is -2.01. The number of carbonyl (C=O) groups is 1. The minimum absolute atomic E-state index is 0.00397. The predicted molar refractivity (Wildman–Crippen MR) is 110 cm³/mol. The van der Waals surface area contributed by atoms with Gasteiger partial charge in [0.2, 0.25) is 5.16 Å². The molecule has 11 heteroatoms. The third kappa shape index (κ3) is 5.12. The van der Waals surface area contributed by atoms with Crippen LogP contribution in [0.3, 0.4) is 0 Å². The van der Waals surface area contributed by atoms with Crippen molar-refractivity contribution in [1.82, 2.24) is 15.2 Å². The second-order valence-corrected chi connectivity index (χ2v) is 7.72. The maximum Gasteiger partial charge on any atom is 0.342 e. The van der Waals surface area contributed by atoms with Crippen molar-refractivity contribution in [2.75, 3.05) is 0 Å². The van der Waals surface area contributed by atoms with E-state index >= 15 is 0 Å². The molecule has 0 saturated carbocycles. The number of halogens is 1. The second kappa shape index (κ2) is 9.05. The van der Waals surface area contributed by atoms with Crippen LogP contribution in [0.5, 0.6) is 0 Å². The van der Waals surface area contributed by atoms with E-state index in [9.17, 15) is 20.0 Å². The summed E-state index contributed by atoms with van der Waals surface area (Å²) in [7, 11) is 0. The van der Waals surface area contributed by atoms with Gasteiger partial charge in [-0.05, 0) is 52.3 Å². The third-order valence-corrected chi connectivity index (χ3v) is 5.27. The molecule has 0 amide bonds. The molecule has 0 aliphatic carbocycles. The number of carboxylic acids is 1. The van der Waals surface area contributed by atoms with E-state index in [1.165, 1.54) is 18.2 Å². The van der Waals surface area contributed by atoms with E-state index in [0.29, 0.717) is 32.5 Å². The lowest BCUT2D eigenvalue weighted by molar-refractivity contribution is -0.384. The Hall–Kier alpha value is -2.92. The molecule has 0 aliphatic heterocycles. The van der Waals surface area contributed by atoms with E-state index < -0.39 is 10.9 Å². The van der Waals surface area contributed by atoms with Crippen LogP contribution in [-0.4, -0.2) is 31.2 Å². The SMILES string of the molecule is CCCc1nc(S/C(=C\c2ccc(-c3ccc([N+](=O)[O-])cc3Br)o2)C(=O)O)n[nH]1. The van der Waals surface area contributed by atoms with Crippen molar-refractivity contribution < 1.29 is 19.2 Å². The zero-order valence-electron chi connectivity index (χ0n) is 15.1. The first kappa shape index (κ1) is 20.8. The predicted octanol–water partition coefficient (Wildman–Crippen LogP) is 4.91. The highest BCUT2D eigenvalue weighted by atomic mass is 79.9. The Bertz CT molecular complexity index is 1090. The minimum Gasteiger partial charge on any atom is -0.477 e. The zero-order chi connectivity index (χ0) is 21.0. The first-order valence-electron chi connectivity index (χ1n) is 8.45. The van der Waals surface area contributed by atoms with E-state index in [1.54, 1.807) is 18.2 Å². The van der Waals surface area contributed by atoms with Crippen molar-refractivity contribution in [3.63, 3.8) is 0 Å². The second-order valence-electron chi connectivity index (χ2n) is 5.85. The number of H-pyrrole nitrogens is 1. The van der Waals surface area contributed by atoms with Crippen LogP contribution in [0.25, 0.3) is 17.4 Å². The summed E-state index contributed by atoms with van der Waals surface area (Å²) < 4.78 is 6.21. The highest BCUT2D eigenvalue weighted by molar-refractivity contribution is 9.10. The van der Waals surface area contributed by atoms with Gasteiger partial charge in [-0.2, -0.15) is 0 Å². The highest BCUT2D eigenvalue weighted by Crippen LogP contribution is 2.34. The molecule has 0 fully saturated rings. The average molecular weight is 479 g/mol. The van der Waals surface area contributed by atoms with E-state index in [4.69, 9.17) is 4.42 Å². The molecular formula is C18H15BrN4O5S. The molecule has 9 nitrogen and oxygen atoms in total. The number of nitrogens with zero attached hydrogens (tertiary/aromatic N) is 3. The summed E-state index contributed by atoms with van der Waals surface area (Å²) in [5, 5.41) is 27.5. The molecule has 2 N–H and O–H groups in total. The Morgan fingerprint density at radius 3 is 2.86 bits per heavy atom. The molecule has 0 unspecified atom stereocenters. The Balaban J connectivity index is 1.84. The molecular weight excluding hydrogens is 464 g/mol. The normalized spacial score (nSPS) is 11.6. The quantitative estimate of drug-likeness (QED) is 0.202. The molecule has 150 valence electrons. The molecule has 0 atom stereocenters. The van der Waals surface area contributed by atoms with E-state index in [0.717, 1.165) is 24.6 Å². The molecule has 0 bridgehead atoms. The molecule has 0 radical (unpaired) electrons. The molecule has 0 spiro atoms. The van der Waals surface area contributed by atoms with Crippen LogP contribution in [0.2, 0.25) is 0 Å². The molecule has 1 aromatic carbocycles. The van der Waals surface area contributed by atoms with Gasteiger partial charge in [-0.1, -0.05) is 6.92 Å². The number of benzene rings is 1. The summed E-state index contributed by atoms with van der Waals surface area (Å²) in [6.07, 6.45) is 3.01. The molecule has 0 saturated heterocycles. The topological polar surface area (TPSA) is 135 Å². The smallest absolute Gasteiger partial charge is 0.342 e.